The van der Waals surface area contributed by atoms with E-state index in [1.807, 2.05) is 0 Å². The van der Waals surface area contributed by atoms with Gasteiger partial charge in [-0.3, -0.25) is 0 Å². The number of fused-ring (bicyclic) bond motifs is 21. The summed E-state index contributed by atoms with van der Waals surface area (Å²) in [6.45, 7) is 0. The molecule has 0 unspecified atom stereocenters. The summed E-state index contributed by atoms with van der Waals surface area (Å²) >= 11 is 0. The van der Waals surface area contributed by atoms with Crippen molar-refractivity contribution in [3.8, 4) is 45.4 Å². The fraction of sp³-hybridized carbons (Fsp3) is 0.0137. The lowest BCUT2D eigenvalue weighted by molar-refractivity contribution is 0.436. The third kappa shape index (κ3) is 5.39. The smallest absolute Gasteiger partial charge is 0.132 e. The Kier molecular flexibility index (Phi) is 8.27. The highest BCUT2D eigenvalue weighted by molar-refractivity contribution is 6.12. The van der Waals surface area contributed by atoms with Gasteiger partial charge in [0.05, 0.1) is 49.5 Å². The molecular formula is C73H44N4O. The van der Waals surface area contributed by atoms with Crippen LogP contribution < -0.4 is 4.74 Å². The van der Waals surface area contributed by atoms with E-state index in [2.05, 4.69) is 285 Å². The monoisotopic (exact) mass is 992 g/mol. The van der Waals surface area contributed by atoms with Crippen LogP contribution in [0.1, 0.15) is 22.3 Å². The number of hydrogen-bond acceptors (Lipinski definition) is 1. The summed E-state index contributed by atoms with van der Waals surface area (Å²) in [7, 11) is 0. The highest BCUT2D eigenvalue weighted by Crippen LogP contribution is 2.63. The van der Waals surface area contributed by atoms with Gasteiger partial charge in [0.25, 0.3) is 0 Å². The van der Waals surface area contributed by atoms with Gasteiger partial charge in [0.1, 0.15) is 11.5 Å². The van der Waals surface area contributed by atoms with Gasteiger partial charge in [-0.25, -0.2) is 0 Å². The Bertz CT molecular complexity index is 4730. The SMILES string of the molecule is c1ccc2c(c1)c1ccccc1n2-c1ccc2c(c1)C1(c3cc(-n4c5ccccc5c5ccccc54)ccc3O2)c2cc(-n3c4ccccc4c4ccccc43)ccc2-c2ccc(-n3c4ccccc4c4ccccc43)cc21. The summed E-state index contributed by atoms with van der Waals surface area (Å²) in [5.74, 6) is 1.67. The Hall–Kier alpha value is -10.4. The molecule has 0 saturated carbocycles. The Morgan fingerprint density at radius 3 is 0.692 bits per heavy atom. The van der Waals surface area contributed by atoms with Gasteiger partial charge in [0, 0.05) is 77.0 Å². The van der Waals surface area contributed by atoms with Crippen LogP contribution in [0.4, 0.5) is 0 Å². The second kappa shape index (κ2) is 15.4. The van der Waals surface area contributed by atoms with Gasteiger partial charge in [-0.05, 0) is 131 Å². The first-order chi connectivity index (χ1) is 38.7. The molecule has 78 heavy (non-hydrogen) atoms. The number of aromatic nitrogens is 4. The van der Waals surface area contributed by atoms with Crippen LogP contribution in [0.25, 0.3) is 121 Å². The van der Waals surface area contributed by atoms with Crippen molar-refractivity contribution in [3.63, 3.8) is 0 Å². The molecule has 5 heteroatoms. The van der Waals surface area contributed by atoms with Gasteiger partial charge in [0.15, 0.2) is 0 Å². The van der Waals surface area contributed by atoms with Gasteiger partial charge in [-0.1, -0.05) is 158 Å². The van der Waals surface area contributed by atoms with Crippen LogP contribution in [0, 0.1) is 0 Å². The molecule has 0 N–H and O–H groups in total. The number of rotatable bonds is 4. The molecule has 0 amide bonds. The van der Waals surface area contributed by atoms with Crippen molar-refractivity contribution in [2.24, 2.45) is 0 Å². The van der Waals surface area contributed by atoms with E-state index < -0.39 is 5.41 Å². The zero-order chi connectivity index (χ0) is 50.8. The van der Waals surface area contributed by atoms with E-state index in [9.17, 15) is 0 Å². The van der Waals surface area contributed by atoms with Gasteiger partial charge in [0.2, 0.25) is 0 Å². The molecule has 5 heterocycles. The van der Waals surface area contributed by atoms with E-state index in [0.29, 0.717) is 0 Å². The van der Waals surface area contributed by atoms with Crippen molar-refractivity contribution in [2.45, 2.75) is 5.41 Å². The molecule has 1 aliphatic heterocycles. The number of ether oxygens (including phenoxy) is 1. The quantitative estimate of drug-likeness (QED) is 0.173. The molecule has 0 saturated heterocycles. The number of nitrogens with zero attached hydrogens (tertiary/aromatic N) is 4. The summed E-state index contributed by atoms with van der Waals surface area (Å²) in [5.41, 5.74) is 19.8. The van der Waals surface area contributed by atoms with Crippen molar-refractivity contribution >= 4 is 87.2 Å². The standard InChI is InChI=1S/C73H44N4O/c1-9-25-63-51(17-1)52-18-2-10-26-64(52)74(63)45-33-37-49-50-38-34-46(75-65-27-11-3-19-53(65)54-20-4-12-28-66(54)75)42-60(50)73(59(49)41-45)61-43-47(76-67-29-13-5-21-55(67)56-22-6-14-30-68(56)76)35-39-71(61)78-72-40-36-48(44-62(72)73)77-69-31-15-7-23-57(69)58-24-8-16-32-70(58)77/h1-44H. The van der Waals surface area contributed by atoms with Crippen LogP contribution in [0.5, 0.6) is 11.5 Å². The lowest BCUT2D eigenvalue weighted by Gasteiger charge is -2.40. The van der Waals surface area contributed by atoms with Gasteiger partial charge in [-0.15, -0.1) is 0 Å². The molecule has 16 aromatic rings. The highest BCUT2D eigenvalue weighted by atomic mass is 16.5. The Balaban J connectivity index is 1.00. The fourth-order valence-corrected chi connectivity index (χ4v) is 14.3. The van der Waals surface area contributed by atoms with Crippen LogP contribution in [0.2, 0.25) is 0 Å². The van der Waals surface area contributed by atoms with Crippen LogP contribution >= 0.6 is 0 Å². The predicted octanol–water partition coefficient (Wildman–Crippen LogP) is 18.5. The lowest BCUT2D eigenvalue weighted by Crippen LogP contribution is -2.33. The number of para-hydroxylation sites is 8. The van der Waals surface area contributed by atoms with Gasteiger partial charge in [-0.2, -0.15) is 0 Å². The Morgan fingerprint density at radius 1 is 0.218 bits per heavy atom. The van der Waals surface area contributed by atoms with Crippen LogP contribution in [-0.4, -0.2) is 18.3 Å². The maximum absolute atomic E-state index is 7.40. The number of hydrogen-bond donors (Lipinski definition) is 0. The molecule has 0 fully saturated rings. The summed E-state index contributed by atoms with van der Waals surface area (Å²) in [4.78, 5) is 0. The summed E-state index contributed by atoms with van der Waals surface area (Å²) in [6.07, 6.45) is 0. The third-order valence-corrected chi connectivity index (χ3v) is 17.4. The number of benzene rings is 12. The average Bonchev–Trinajstić information content (AvgIpc) is 3.65. The largest absolute Gasteiger partial charge is 0.457 e. The lowest BCUT2D eigenvalue weighted by atomic mass is 9.65. The van der Waals surface area contributed by atoms with Crippen LogP contribution in [-0.2, 0) is 5.41 Å². The maximum Gasteiger partial charge on any atom is 0.132 e. The Labute approximate surface area is 447 Å². The minimum Gasteiger partial charge on any atom is -0.457 e. The fourth-order valence-electron chi connectivity index (χ4n) is 14.3. The van der Waals surface area contributed by atoms with Crippen molar-refractivity contribution in [1.29, 1.82) is 0 Å². The molecule has 4 aromatic heterocycles. The van der Waals surface area contributed by atoms with E-state index in [1.54, 1.807) is 0 Å². The van der Waals surface area contributed by atoms with Crippen molar-refractivity contribution in [2.75, 3.05) is 0 Å². The molecule has 1 spiro atoms. The molecule has 12 aromatic carbocycles. The summed E-state index contributed by atoms with van der Waals surface area (Å²) in [5, 5.41) is 9.82. The minimum absolute atomic E-state index is 0.833. The molecule has 0 bridgehead atoms. The molecule has 2 aliphatic rings. The highest BCUT2D eigenvalue weighted by Gasteiger charge is 2.52. The Morgan fingerprint density at radius 2 is 0.436 bits per heavy atom. The van der Waals surface area contributed by atoms with E-state index in [1.165, 1.54) is 87.4 Å². The van der Waals surface area contributed by atoms with E-state index >= 15 is 0 Å². The molecule has 0 radical (unpaired) electrons. The predicted molar refractivity (Wildman–Crippen MR) is 321 cm³/mol. The second-order valence-electron chi connectivity index (χ2n) is 21.2. The first kappa shape index (κ1) is 41.9. The normalized spacial score (nSPS) is 13.3. The molecular weight excluding hydrogens is 949 g/mol. The van der Waals surface area contributed by atoms with Crippen LogP contribution in [0.15, 0.2) is 267 Å². The van der Waals surface area contributed by atoms with Crippen molar-refractivity contribution in [3.05, 3.63) is 289 Å². The van der Waals surface area contributed by atoms with E-state index in [4.69, 9.17) is 4.74 Å². The topological polar surface area (TPSA) is 28.9 Å². The zero-order valence-corrected chi connectivity index (χ0v) is 42.1. The molecule has 5 nitrogen and oxygen atoms in total. The molecule has 1 aliphatic carbocycles. The summed E-state index contributed by atoms with van der Waals surface area (Å²) < 4.78 is 17.2. The summed E-state index contributed by atoms with van der Waals surface area (Å²) in [6, 6.07) is 98.9. The van der Waals surface area contributed by atoms with E-state index in [-0.39, 0.29) is 0 Å². The second-order valence-corrected chi connectivity index (χ2v) is 21.2. The first-order valence-electron chi connectivity index (χ1n) is 26.9. The van der Waals surface area contributed by atoms with Gasteiger partial charge < -0.3 is 23.0 Å². The van der Waals surface area contributed by atoms with Crippen molar-refractivity contribution < 1.29 is 4.74 Å². The first-order valence-corrected chi connectivity index (χ1v) is 26.9. The minimum atomic E-state index is -0.902. The molecule has 0 atom stereocenters. The van der Waals surface area contributed by atoms with Gasteiger partial charge >= 0.3 is 0 Å². The molecule has 18 rings (SSSR count). The van der Waals surface area contributed by atoms with Crippen LogP contribution in [0.3, 0.4) is 0 Å². The third-order valence-electron chi connectivity index (χ3n) is 17.4. The van der Waals surface area contributed by atoms with Crippen molar-refractivity contribution in [1.82, 2.24) is 18.3 Å². The zero-order valence-electron chi connectivity index (χ0n) is 42.1. The molecule has 362 valence electrons. The van der Waals surface area contributed by atoms with E-state index in [0.717, 1.165) is 67.4 Å². The maximum atomic E-state index is 7.40. The average molecular weight is 993 g/mol.